The van der Waals surface area contributed by atoms with Gasteiger partial charge in [-0.3, -0.25) is 4.90 Å². The monoisotopic (exact) mass is 507 g/mol. The topological polar surface area (TPSA) is 80.8 Å². The summed E-state index contributed by atoms with van der Waals surface area (Å²) in [6, 6.07) is 14.0. The summed E-state index contributed by atoms with van der Waals surface area (Å²) in [4.78, 5) is 6.96. The Kier molecular flexibility index (Phi) is 6.50. The van der Waals surface area contributed by atoms with Crippen molar-refractivity contribution in [3.63, 3.8) is 0 Å². The van der Waals surface area contributed by atoms with Crippen LogP contribution in [0.15, 0.2) is 42.5 Å². The van der Waals surface area contributed by atoms with Crippen molar-refractivity contribution in [2.24, 2.45) is 0 Å². The number of rotatable bonds is 8. The number of nitrogens with zero attached hydrogens (tertiary/aromatic N) is 2. The first-order chi connectivity index (χ1) is 15.8. The number of ether oxygens (including phenoxy) is 2. The van der Waals surface area contributed by atoms with Crippen LogP contribution in [0.2, 0.25) is 5.02 Å². The molecule has 0 amide bonds. The van der Waals surface area contributed by atoms with E-state index in [1.54, 1.807) is 0 Å². The molecular formula is C23H26ClN3O4S2. The van der Waals surface area contributed by atoms with Crippen LogP contribution < -0.4 is 14.2 Å². The molecule has 0 radical (unpaired) electrons. The Morgan fingerprint density at radius 2 is 1.82 bits per heavy atom. The lowest BCUT2D eigenvalue weighted by Gasteiger charge is -2.38. The normalized spacial score (nSPS) is 23.2. The molecular weight excluding hydrogens is 482 g/mol. The van der Waals surface area contributed by atoms with E-state index in [1.807, 2.05) is 42.5 Å². The highest BCUT2D eigenvalue weighted by molar-refractivity contribution is 7.88. The van der Waals surface area contributed by atoms with Gasteiger partial charge in [-0.15, -0.1) is 0 Å². The highest BCUT2D eigenvalue weighted by Gasteiger charge is 2.41. The summed E-state index contributed by atoms with van der Waals surface area (Å²) in [5.74, 6) is 1.49. The van der Waals surface area contributed by atoms with Crippen molar-refractivity contribution in [3.8, 4) is 16.7 Å². The lowest BCUT2D eigenvalue weighted by atomic mass is 9.98. The van der Waals surface area contributed by atoms with E-state index in [0.29, 0.717) is 34.7 Å². The van der Waals surface area contributed by atoms with Gasteiger partial charge in [0.2, 0.25) is 10.0 Å². The highest BCUT2D eigenvalue weighted by atomic mass is 35.5. The van der Waals surface area contributed by atoms with Crippen LogP contribution in [0.25, 0.3) is 10.2 Å². The second-order valence-corrected chi connectivity index (χ2v) is 11.9. The van der Waals surface area contributed by atoms with E-state index in [4.69, 9.17) is 21.1 Å². The SMILES string of the molecule is CS(=O)(=O)N[C@@H]1C[C@H]2CC[C@@H](C1)N2CCOc1ccc(Oc2nc3ccc(Cl)cc3s2)cc1. The third kappa shape index (κ3) is 5.60. The molecule has 3 atom stereocenters. The van der Waals surface area contributed by atoms with Crippen molar-refractivity contribution in [3.05, 3.63) is 47.5 Å². The first-order valence-electron chi connectivity index (χ1n) is 11.0. The van der Waals surface area contributed by atoms with Crippen molar-refractivity contribution < 1.29 is 17.9 Å². The van der Waals surface area contributed by atoms with E-state index in [1.165, 1.54) is 17.6 Å². The Hall–Kier alpha value is -1.91. The molecule has 1 N–H and O–H groups in total. The minimum atomic E-state index is -3.16. The molecule has 2 fully saturated rings. The lowest BCUT2D eigenvalue weighted by molar-refractivity contribution is 0.103. The van der Waals surface area contributed by atoms with Crippen molar-refractivity contribution in [1.29, 1.82) is 0 Å². The van der Waals surface area contributed by atoms with Crippen LogP contribution in [0.3, 0.4) is 0 Å². The van der Waals surface area contributed by atoms with Crippen LogP contribution in [0.1, 0.15) is 25.7 Å². The quantitative estimate of drug-likeness (QED) is 0.477. The number of piperidine rings is 1. The lowest BCUT2D eigenvalue weighted by Crippen LogP contribution is -2.51. The Labute approximate surface area is 202 Å². The third-order valence-electron chi connectivity index (χ3n) is 6.24. The molecule has 1 aromatic heterocycles. The summed E-state index contributed by atoms with van der Waals surface area (Å²) in [7, 11) is -3.16. The van der Waals surface area contributed by atoms with Gasteiger partial charge in [0.15, 0.2) is 0 Å². The van der Waals surface area contributed by atoms with Gasteiger partial charge in [-0.2, -0.15) is 0 Å². The van der Waals surface area contributed by atoms with Gasteiger partial charge in [0.05, 0.1) is 16.5 Å². The summed E-state index contributed by atoms with van der Waals surface area (Å²) in [5, 5.41) is 1.26. The van der Waals surface area contributed by atoms with Crippen LogP contribution in [0, 0.1) is 0 Å². The molecule has 0 aliphatic carbocycles. The van der Waals surface area contributed by atoms with Gasteiger partial charge in [-0.1, -0.05) is 22.9 Å². The zero-order valence-electron chi connectivity index (χ0n) is 18.2. The first-order valence-corrected chi connectivity index (χ1v) is 14.1. The summed E-state index contributed by atoms with van der Waals surface area (Å²) in [5.41, 5.74) is 0.865. The summed E-state index contributed by atoms with van der Waals surface area (Å²) < 4.78 is 38.8. The van der Waals surface area contributed by atoms with Gasteiger partial charge in [0.25, 0.3) is 5.19 Å². The molecule has 2 aliphatic heterocycles. The molecule has 2 aliphatic rings. The van der Waals surface area contributed by atoms with Gasteiger partial charge >= 0.3 is 0 Å². The maximum Gasteiger partial charge on any atom is 0.279 e. The Morgan fingerprint density at radius 3 is 2.52 bits per heavy atom. The molecule has 5 rings (SSSR count). The number of sulfonamides is 1. The van der Waals surface area contributed by atoms with Crippen LogP contribution in [0.4, 0.5) is 0 Å². The van der Waals surface area contributed by atoms with E-state index in [9.17, 15) is 8.42 Å². The average molecular weight is 508 g/mol. The number of aromatic nitrogens is 1. The molecule has 2 bridgehead atoms. The Bertz CT molecular complexity index is 1220. The fraction of sp³-hybridized carbons (Fsp3) is 0.435. The molecule has 7 nitrogen and oxygen atoms in total. The van der Waals surface area contributed by atoms with Crippen LogP contribution >= 0.6 is 22.9 Å². The summed E-state index contributed by atoms with van der Waals surface area (Å²) >= 11 is 7.50. The maximum absolute atomic E-state index is 11.6. The molecule has 176 valence electrons. The number of nitrogens with one attached hydrogen (secondary N) is 1. The van der Waals surface area contributed by atoms with E-state index >= 15 is 0 Å². The van der Waals surface area contributed by atoms with Gasteiger partial charge < -0.3 is 9.47 Å². The van der Waals surface area contributed by atoms with Crippen molar-refractivity contribution >= 4 is 43.2 Å². The van der Waals surface area contributed by atoms with Crippen molar-refractivity contribution in [1.82, 2.24) is 14.6 Å². The number of thiazole rings is 1. The van der Waals surface area contributed by atoms with Gasteiger partial charge in [-0.05, 0) is 68.1 Å². The van der Waals surface area contributed by atoms with Gasteiger partial charge in [0, 0.05) is 29.7 Å². The molecule has 33 heavy (non-hydrogen) atoms. The maximum atomic E-state index is 11.6. The van der Waals surface area contributed by atoms with E-state index in [-0.39, 0.29) is 6.04 Å². The van der Waals surface area contributed by atoms with Gasteiger partial charge in [0.1, 0.15) is 18.1 Å². The Morgan fingerprint density at radius 1 is 1.12 bits per heavy atom. The van der Waals surface area contributed by atoms with Crippen LogP contribution in [-0.4, -0.2) is 55.8 Å². The zero-order chi connectivity index (χ0) is 23.0. The van der Waals surface area contributed by atoms with Gasteiger partial charge in [-0.25, -0.2) is 18.1 Å². The zero-order valence-corrected chi connectivity index (χ0v) is 20.6. The number of hydrogen-bond acceptors (Lipinski definition) is 7. The number of halogens is 1. The first kappa shape index (κ1) is 22.9. The van der Waals surface area contributed by atoms with Crippen molar-refractivity contribution in [2.45, 2.75) is 43.8 Å². The molecule has 10 heteroatoms. The molecule has 3 aromatic rings. The highest BCUT2D eigenvalue weighted by Crippen LogP contribution is 2.36. The van der Waals surface area contributed by atoms with Crippen molar-refractivity contribution in [2.75, 3.05) is 19.4 Å². The predicted molar refractivity (Wildman–Crippen MR) is 131 cm³/mol. The number of fused-ring (bicyclic) bond motifs is 3. The fourth-order valence-corrected chi connectivity index (χ4v) is 6.84. The molecule has 0 unspecified atom stereocenters. The Balaban J connectivity index is 1.12. The standard InChI is InChI=1S/C23H26ClN3O4S2/c1-33(28,29)26-16-13-17-3-4-18(14-16)27(17)10-11-30-19-5-7-20(8-6-19)31-23-25-21-9-2-15(24)12-22(21)32-23/h2,5-9,12,16-18,26H,3-4,10-11,13-14H2,1H3/t16-,17-,18+. The molecule has 2 aromatic carbocycles. The van der Waals surface area contributed by atoms with E-state index in [0.717, 1.165) is 48.2 Å². The molecule has 2 saturated heterocycles. The summed E-state index contributed by atoms with van der Waals surface area (Å²) in [6.07, 6.45) is 5.22. The number of benzene rings is 2. The van der Waals surface area contributed by atoms with Crippen LogP contribution in [0.5, 0.6) is 16.7 Å². The van der Waals surface area contributed by atoms with Crippen LogP contribution in [-0.2, 0) is 10.0 Å². The molecule has 0 saturated carbocycles. The smallest absolute Gasteiger partial charge is 0.279 e. The third-order valence-corrected chi connectivity index (χ3v) is 8.14. The fourth-order valence-electron chi connectivity index (χ4n) is 4.93. The molecule has 0 spiro atoms. The summed E-state index contributed by atoms with van der Waals surface area (Å²) in [6.45, 7) is 1.43. The minimum absolute atomic E-state index is 0.0506. The predicted octanol–water partition coefficient (Wildman–Crippen LogP) is 4.67. The second kappa shape index (κ2) is 9.38. The van der Waals surface area contributed by atoms with E-state index in [2.05, 4.69) is 14.6 Å². The largest absolute Gasteiger partial charge is 0.492 e. The minimum Gasteiger partial charge on any atom is -0.492 e. The van der Waals surface area contributed by atoms with E-state index < -0.39 is 10.0 Å². The number of hydrogen-bond donors (Lipinski definition) is 1. The molecule has 3 heterocycles. The average Bonchev–Trinajstić information content (AvgIpc) is 3.24. The second-order valence-electron chi connectivity index (χ2n) is 8.69.